The first-order chi connectivity index (χ1) is 24.8. The van der Waals surface area contributed by atoms with Crippen molar-refractivity contribution in [3.05, 3.63) is 170 Å². The predicted molar refractivity (Wildman–Crippen MR) is 221 cm³/mol. The fraction of sp³-hybridized carbons (Fsp3) is 0. The highest BCUT2D eigenvalue weighted by Crippen LogP contribution is 2.49. The van der Waals surface area contributed by atoms with Gasteiger partial charge in [-0.05, 0) is 90.0 Å². The van der Waals surface area contributed by atoms with Crippen molar-refractivity contribution in [2.45, 2.75) is 0 Å². The molecule has 9 aromatic carbocycles. The van der Waals surface area contributed by atoms with E-state index in [0.29, 0.717) is 0 Å². The number of benzene rings is 9. The van der Waals surface area contributed by atoms with Crippen LogP contribution in [-0.4, -0.2) is 0 Å². The molecule has 0 fully saturated rings. The Bertz CT molecular complexity index is 3070. The molecule has 0 aliphatic rings. The molecule has 0 saturated heterocycles. The minimum Gasteiger partial charge on any atom is -0.135 e. The van der Waals surface area contributed by atoms with Crippen LogP contribution in [0.4, 0.5) is 0 Å². The Kier molecular flexibility index (Phi) is 6.09. The van der Waals surface area contributed by atoms with Crippen LogP contribution in [0.15, 0.2) is 170 Å². The van der Waals surface area contributed by atoms with E-state index in [9.17, 15) is 0 Å². The quantitative estimate of drug-likeness (QED) is 0.164. The zero-order valence-corrected chi connectivity index (χ0v) is 28.6. The van der Waals surface area contributed by atoms with Gasteiger partial charge in [-0.25, -0.2) is 0 Å². The maximum atomic E-state index is 2.47. The maximum absolute atomic E-state index is 2.47. The molecule has 11 aromatic rings. The third kappa shape index (κ3) is 4.10. The fourth-order valence-corrected chi connectivity index (χ4v) is 10.7. The second-order valence-corrected chi connectivity index (χ2v) is 15.3. The summed E-state index contributed by atoms with van der Waals surface area (Å²) in [5.41, 5.74) is 7.57. The van der Waals surface area contributed by atoms with E-state index >= 15 is 0 Å². The number of thiophene rings is 2. The molecule has 0 bridgehead atoms. The van der Waals surface area contributed by atoms with Gasteiger partial charge < -0.3 is 0 Å². The van der Waals surface area contributed by atoms with E-state index in [1.165, 1.54) is 106 Å². The minimum absolute atomic E-state index is 1.23. The van der Waals surface area contributed by atoms with Crippen molar-refractivity contribution in [3.8, 4) is 33.4 Å². The van der Waals surface area contributed by atoms with E-state index in [1.807, 2.05) is 22.7 Å². The molecule has 0 spiro atoms. The number of hydrogen-bond acceptors (Lipinski definition) is 2. The molecule has 0 unspecified atom stereocenters. The first-order valence-corrected chi connectivity index (χ1v) is 18.7. The Balaban J connectivity index is 1.17. The van der Waals surface area contributed by atoms with E-state index < -0.39 is 0 Å². The second kappa shape index (κ2) is 10.9. The standard InChI is InChI=1S/C48H28S2/c1-2-10-29(11-3-1)30-18-20-32(21-19-30)44-35-14-6-8-16-37(35)45(38-17-9-7-15-36(38)44)33-23-25-41-40(28-33)47-43(49-41)27-24-39-46-34-13-5-4-12-31(34)22-26-42(46)50-48(39)47/h1-28H. The van der Waals surface area contributed by atoms with Gasteiger partial charge in [-0.15, -0.1) is 22.7 Å². The number of fused-ring (bicyclic) bond motifs is 11. The normalized spacial score (nSPS) is 12.0. The van der Waals surface area contributed by atoms with Gasteiger partial charge in [0.1, 0.15) is 0 Å². The van der Waals surface area contributed by atoms with Crippen LogP contribution in [0.2, 0.25) is 0 Å². The van der Waals surface area contributed by atoms with Crippen molar-refractivity contribution in [2.75, 3.05) is 0 Å². The van der Waals surface area contributed by atoms with Crippen molar-refractivity contribution in [1.82, 2.24) is 0 Å². The van der Waals surface area contributed by atoms with Crippen LogP contribution in [0.5, 0.6) is 0 Å². The van der Waals surface area contributed by atoms with Crippen molar-refractivity contribution < 1.29 is 0 Å². The summed E-state index contributed by atoms with van der Waals surface area (Å²) in [5.74, 6) is 0. The van der Waals surface area contributed by atoms with Gasteiger partial charge in [0.25, 0.3) is 0 Å². The zero-order valence-electron chi connectivity index (χ0n) is 27.0. The molecule has 11 rings (SSSR count). The van der Waals surface area contributed by atoms with Crippen LogP contribution >= 0.6 is 22.7 Å². The lowest BCUT2D eigenvalue weighted by atomic mass is 9.85. The molecule has 0 radical (unpaired) electrons. The summed E-state index contributed by atoms with van der Waals surface area (Å²) >= 11 is 3.84. The monoisotopic (exact) mass is 668 g/mol. The van der Waals surface area contributed by atoms with E-state index in [4.69, 9.17) is 0 Å². The van der Waals surface area contributed by atoms with Crippen LogP contribution in [0.25, 0.3) is 106 Å². The molecule has 2 heteroatoms. The molecule has 232 valence electrons. The Labute approximate surface area is 297 Å². The molecule has 50 heavy (non-hydrogen) atoms. The van der Waals surface area contributed by atoms with Crippen LogP contribution in [0.1, 0.15) is 0 Å². The summed E-state index contributed by atoms with van der Waals surface area (Å²) in [4.78, 5) is 0. The van der Waals surface area contributed by atoms with Crippen molar-refractivity contribution >= 4 is 95.3 Å². The molecular weight excluding hydrogens is 641 g/mol. The SMILES string of the molecule is c1ccc(-c2ccc(-c3c4ccccc4c(-c4ccc5sc6ccc7c(sc8ccc9ccccc9c87)c6c5c4)c4ccccc34)cc2)cc1. The van der Waals surface area contributed by atoms with Gasteiger partial charge in [0.15, 0.2) is 0 Å². The predicted octanol–water partition coefficient (Wildman–Crippen LogP) is 14.9. The summed E-state index contributed by atoms with van der Waals surface area (Å²) in [6.45, 7) is 0. The molecular formula is C48H28S2. The Hall–Kier alpha value is -5.80. The Morgan fingerprint density at radius 1 is 0.280 bits per heavy atom. The molecule has 0 aliphatic carbocycles. The first kappa shape index (κ1) is 28.1. The number of hydrogen-bond donors (Lipinski definition) is 0. The molecule has 2 aromatic heterocycles. The van der Waals surface area contributed by atoms with Crippen LogP contribution in [0.3, 0.4) is 0 Å². The van der Waals surface area contributed by atoms with Gasteiger partial charge in [0.05, 0.1) is 0 Å². The van der Waals surface area contributed by atoms with Crippen molar-refractivity contribution in [1.29, 1.82) is 0 Å². The average Bonchev–Trinajstić information content (AvgIpc) is 3.75. The average molecular weight is 669 g/mol. The lowest BCUT2D eigenvalue weighted by molar-refractivity contribution is 1.61. The smallest absolute Gasteiger partial charge is 0.0448 e. The summed E-state index contributed by atoms with van der Waals surface area (Å²) in [5, 5.41) is 13.2. The Morgan fingerprint density at radius 2 is 0.800 bits per heavy atom. The van der Waals surface area contributed by atoms with Crippen LogP contribution in [-0.2, 0) is 0 Å². The summed E-state index contributed by atoms with van der Waals surface area (Å²) in [6.07, 6.45) is 0. The van der Waals surface area contributed by atoms with E-state index in [2.05, 4.69) is 170 Å². The topological polar surface area (TPSA) is 0 Å². The second-order valence-electron chi connectivity index (χ2n) is 13.2. The minimum atomic E-state index is 1.23. The van der Waals surface area contributed by atoms with Gasteiger partial charge in [0.2, 0.25) is 0 Å². The molecule has 0 amide bonds. The highest BCUT2D eigenvalue weighted by molar-refractivity contribution is 7.29. The zero-order chi connectivity index (χ0) is 32.8. The third-order valence-electron chi connectivity index (χ3n) is 10.5. The summed E-state index contributed by atoms with van der Waals surface area (Å²) < 4.78 is 5.43. The van der Waals surface area contributed by atoms with Crippen LogP contribution in [0, 0.1) is 0 Å². The van der Waals surface area contributed by atoms with E-state index in [-0.39, 0.29) is 0 Å². The molecule has 0 N–H and O–H groups in total. The molecule has 2 heterocycles. The van der Waals surface area contributed by atoms with Gasteiger partial charge in [-0.1, -0.05) is 146 Å². The molecule has 0 nitrogen and oxygen atoms in total. The highest BCUT2D eigenvalue weighted by atomic mass is 32.1. The van der Waals surface area contributed by atoms with Crippen molar-refractivity contribution in [2.24, 2.45) is 0 Å². The lowest BCUT2D eigenvalue weighted by Crippen LogP contribution is -1.91. The van der Waals surface area contributed by atoms with Crippen molar-refractivity contribution in [3.63, 3.8) is 0 Å². The maximum Gasteiger partial charge on any atom is 0.0448 e. The highest BCUT2D eigenvalue weighted by Gasteiger charge is 2.19. The summed E-state index contributed by atoms with van der Waals surface area (Å²) in [7, 11) is 0. The molecule has 0 aliphatic heterocycles. The Morgan fingerprint density at radius 3 is 1.52 bits per heavy atom. The fourth-order valence-electron chi connectivity index (χ4n) is 8.23. The largest absolute Gasteiger partial charge is 0.135 e. The van der Waals surface area contributed by atoms with Crippen LogP contribution < -0.4 is 0 Å². The van der Waals surface area contributed by atoms with Gasteiger partial charge >= 0.3 is 0 Å². The first-order valence-electron chi connectivity index (χ1n) is 17.1. The molecule has 0 saturated carbocycles. The number of rotatable bonds is 3. The third-order valence-corrected chi connectivity index (χ3v) is 12.8. The van der Waals surface area contributed by atoms with E-state index in [0.717, 1.165) is 0 Å². The summed E-state index contributed by atoms with van der Waals surface area (Å²) in [6, 6.07) is 62.9. The van der Waals surface area contributed by atoms with E-state index in [1.54, 1.807) is 0 Å². The van der Waals surface area contributed by atoms with Gasteiger partial charge in [-0.3, -0.25) is 0 Å². The lowest BCUT2D eigenvalue weighted by Gasteiger charge is -2.18. The van der Waals surface area contributed by atoms with Gasteiger partial charge in [-0.2, -0.15) is 0 Å². The molecule has 0 atom stereocenters. The van der Waals surface area contributed by atoms with Gasteiger partial charge in [0, 0.05) is 40.3 Å².